The molecule has 1 aliphatic heterocycles. The zero-order valence-corrected chi connectivity index (χ0v) is 22.3. The van der Waals surface area contributed by atoms with E-state index in [1.807, 2.05) is 6.92 Å². The van der Waals surface area contributed by atoms with Gasteiger partial charge in [-0.05, 0) is 68.5 Å². The molecule has 2 amide bonds. The molecule has 12 heteroatoms. The van der Waals surface area contributed by atoms with Crippen LogP contribution in [0.25, 0.3) is 0 Å². The number of nitro benzene ring substituents is 1. The molecule has 2 atom stereocenters. The quantitative estimate of drug-likeness (QED) is 0.261. The summed E-state index contributed by atoms with van der Waals surface area (Å²) in [6, 6.07) is 10.0. The number of ether oxygens (including phenoxy) is 1. The number of aryl methyl sites for hydroxylation is 1. The van der Waals surface area contributed by atoms with Gasteiger partial charge in [-0.25, -0.2) is 4.99 Å². The molecule has 1 saturated heterocycles. The van der Waals surface area contributed by atoms with Crippen molar-refractivity contribution in [3.63, 3.8) is 0 Å². The molecular weight excluding hydrogens is 518 g/mol. The summed E-state index contributed by atoms with van der Waals surface area (Å²) in [6.45, 7) is 4.85. The summed E-state index contributed by atoms with van der Waals surface area (Å²) in [7, 11) is 0. The van der Waals surface area contributed by atoms with Crippen LogP contribution in [-0.4, -0.2) is 44.7 Å². The number of rotatable bonds is 11. The first-order valence-electron chi connectivity index (χ1n) is 12.1. The van der Waals surface area contributed by atoms with Crippen molar-refractivity contribution < 1.29 is 28.0 Å². The first-order chi connectivity index (χ1) is 17.9. The number of anilines is 1. The Kier molecular flexibility index (Phi) is 9.78. The lowest BCUT2D eigenvalue weighted by molar-refractivity contribution is -0.384. The number of amidine groups is 1. The van der Waals surface area contributed by atoms with E-state index in [0.29, 0.717) is 22.3 Å². The van der Waals surface area contributed by atoms with Gasteiger partial charge in [-0.15, -0.1) is 0 Å². The molecule has 204 valence electrons. The van der Waals surface area contributed by atoms with Gasteiger partial charge in [0.1, 0.15) is 16.7 Å². The summed E-state index contributed by atoms with van der Waals surface area (Å²) < 4.78 is 29.3. The Balaban J connectivity index is 1.81. The van der Waals surface area contributed by atoms with Crippen LogP contribution in [0, 0.1) is 23.0 Å². The molecule has 0 aromatic heterocycles. The van der Waals surface area contributed by atoms with Gasteiger partial charge in [0.2, 0.25) is 11.8 Å². The fourth-order valence-corrected chi connectivity index (χ4v) is 5.13. The summed E-state index contributed by atoms with van der Waals surface area (Å²) in [6.07, 6.45) is 1.39. The van der Waals surface area contributed by atoms with Crippen LogP contribution in [0.1, 0.15) is 45.6 Å². The van der Waals surface area contributed by atoms with Crippen molar-refractivity contribution in [2.24, 2.45) is 10.9 Å². The second-order valence-corrected chi connectivity index (χ2v) is 10.6. The van der Waals surface area contributed by atoms with Crippen molar-refractivity contribution in [3.8, 4) is 5.75 Å². The van der Waals surface area contributed by atoms with Crippen LogP contribution in [0.15, 0.2) is 47.5 Å². The molecule has 38 heavy (non-hydrogen) atoms. The predicted octanol–water partition coefficient (Wildman–Crippen LogP) is 6.29. The maximum atomic E-state index is 13.4. The lowest BCUT2D eigenvalue weighted by atomic mass is 10.0. The zero-order valence-electron chi connectivity index (χ0n) is 21.5. The van der Waals surface area contributed by atoms with E-state index in [2.05, 4.69) is 28.9 Å². The molecule has 3 rings (SSSR count). The number of hydrogen-bond donors (Lipinski definition) is 1. The lowest BCUT2D eigenvalue weighted by Crippen LogP contribution is -2.40. The summed E-state index contributed by atoms with van der Waals surface area (Å²) in [5, 5.41) is 13.6. The van der Waals surface area contributed by atoms with Gasteiger partial charge in [-0.1, -0.05) is 31.7 Å². The molecule has 1 N–H and O–H groups in total. The topological polar surface area (TPSA) is 114 Å². The summed E-state index contributed by atoms with van der Waals surface area (Å²) >= 11 is 1.13. The third-order valence-electron chi connectivity index (χ3n) is 5.85. The summed E-state index contributed by atoms with van der Waals surface area (Å²) in [5.74, 6) is -0.401. The molecule has 1 aliphatic rings. The van der Waals surface area contributed by atoms with E-state index in [1.54, 1.807) is 17.9 Å². The lowest BCUT2D eigenvalue weighted by Gasteiger charge is -2.25. The van der Waals surface area contributed by atoms with Crippen molar-refractivity contribution in [3.05, 3.63) is 58.1 Å². The molecular formula is C26H30F2N4O5S. The highest BCUT2D eigenvalue weighted by Gasteiger charge is 2.41. The van der Waals surface area contributed by atoms with Gasteiger partial charge in [0, 0.05) is 18.5 Å². The molecule has 0 radical (unpaired) electrons. The van der Waals surface area contributed by atoms with Gasteiger partial charge in [0.05, 0.1) is 10.6 Å². The SMILES string of the molecule is Cc1ccc(NC(=O)C[C@@H]2SC(=Nc3ccc(OC(F)F)cc3)N([C@@H](C)CCC(C)C)C2=O)c([N+](=O)[O-])c1. The largest absolute Gasteiger partial charge is 0.435 e. The average molecular weight is 549 g/mol. The van der Waals surface area contributed by atoms with Gasteiger partial charge in [-0.2, -0.15) is 8.78 Å². The van der Waals surface area contributed by atoms with Gasteiger partial charge >= 0.3 is 6.61 Å². The number of benzene rings is 2. The molecule has 0 bridgehead atoms. The van der Waals surface area contributed by atoms with E-state index >= 15 is 0 Å². The number of nitro groups is 1. The molecule has 1 fully saturated rings. The number of aliphatic imine (C=N–C) groups is 1. The number of carbonyl (C=O) groups is 2. The highest BCUT2D eigenvalue weighted by atomic mass is 32.2. The first-order valence-corrected chi connectivity index (χ1v) is 13.0. The third kappa shape index (κ3) is 7.73. The standard InChI is InChI=1S/C26H30F2N4O5S/c1-15(2)5-7-17(4)31-24(34)22(14-23(33)30-20-12-6-16(3)13-21(20)32(35)36)38-26(31)29-18-8-10-19(11-9-18)37-25(27)28/h6,8-13,15,17,22,25H,5,7,14H2,1-4H3,(H,30,33)/t17-,22-/m0/s1. The van der Waals surface area contributed by atoms with E-state index in [1.165, 1.54) is 36.4 Å². The van der Waals surface area contributed by atoms with Gasteiger partial charge in [0.25, 0.3) is 5.69 Å². The third-order valence-corrected chi connectivity index (χ3v) is 7.00. The number of thioether (sulfide) groups is 1. The Morgan fingerprint density at radius 3 is 2.47 bits per heavy atom. The number of alkyl halides is 2. The fourth-order valence-electron chi connectivity index (χ4n) is 3.88. The van der Waals surface area contributed by atoms with Crippen LogP contribution < -0.4 is 10.1 Å². The Morgan fingerprint density at radius 2 is 1.87 bits per heavy atom. The minimum absolute atomic E-state index is 0.0130. The highest BCUT2D eigenvalue weighted by Crippen LogP contribution is 2.35. The maximum absolute atomic E-state index is 13.4. The van der Waals surface area contributed by atoms with E-state index in [9.17, 15) is 28.5 Å². The minimum Gasteiger partial charge on any atom is -0.435 e. The number of hydrogen-bond acceptors (Lipinski definition) is 7. The molecule has 1 heterocycles. The zero-order chi connectivity index (χ0) is 28.0. The van der Waals surface area contributed by atoms with Gasteiger partial charge in [0.15, 0.2) is 5.17 Å². The molecule has 2 aromatic rings. The molecule has 2 aromatic carbocycles. The molecule has 9 nitrogen and oxygen atoms in total. The Labute approximate surface area is 223 Å². The van der Waals surface area contributed by atoms with Gasteiger partial charge < -0.3 is 10.1 Å². The molecule has 0 unspecified atom stereocenters. The van der Waals surface area contributed by atoms with Crippen LogP contribution in [-0.2, 0) is 9.59 Å². The summed E-state index contributed by atoms with van der Waals surface area (Å²) in [4.78, 5) is 43.2. The Bertz CT molecular complexity index is 1210. The minimum atomic E-state index is -2.94. The molecule has 0 spiro atoms. The molecule has 0 saturated carbocycles. The number of amides is 2. The predicted molar refractivity (Wildman–Crippen MR) is 143 cm³/mol. The highest BCUT2D eigenvalue weighted by molar-refractivity contribution is 8.15. The summed E-state index contributed by atoms with van der Waals surface area (Å²) in [5.41, 5.74) is 0.942. The van der Waals surface area contributed by atoms with E-state index in [-0.39, 0.29) is 35.5 Å². The maximum Gasteiger partial charge on any atom is 0.387 e. The van der Waals surface area contributed by atoms with Crippen LogP contribution in [0.4, 0.5) is 25.8 Å². The Hall–Kier alpha value is -3.54. The van der Waals surface area contributed by atoms with Crippen molar-refractivity contribution >= 4 is 45.8 Å². The monoisotopic (exact) mass is 548 g/mol. The van der Waals surface area contributed by atoms with Crippen LogP contribution in [0.5, 0.6) is 5.75 Å². The van der Waals surface area contributed by atoms with Crippen LogP contribution >= 0.6 is 11.8 Å². The van der Waals surface area contributed by atoms with Crippen LogP contribution in [0.2, 0.25) is 0 Å². The number of nitrogens with zero attached hydrogens (tertiary/aromatic N) is 3. The van der Waals surface area contributed by atoms with Crippen molar-refractivity contribution in [2.75, 3.05) is 5.32 Å². The van der Waals surface area contributed by atoms with Gasteiger partial charge in [-0.3, -0.25) is 24.6 Å². The van der Waals surface area contributed by atoms with E-state index < -0.39 is 22.7 Å². The number of carbonyl (C=O) groups excluding carboxylic acids is 2. The number of halogens is 2. The first kappa shape index (κ1) is 29.0. The number of nitrogens with one attached hydrogen (secondary N) is 1. The average Bonchev–Trinajstić information content (AvgIpc) is 3.13. The van der Waals surface area contributed by atoms with Crippen molar-refractivity contribution in [2.45, 2.75) is 64.9 Å². The smallest absolute Gasteiger partial charge is 0.387 e. The fraction of sp³-hybridized carbons (Fsp3) is 0.423. The van der Waals surface area contributed by atoms with Crippen molar-refractivity contribution in [1.29, 1.82) is 0 Å². The second-order valence-electron chi connectivity index (χ2n) is 9.43. The molecule has 0 aliphatic carbocycles. The Morgan fingerprint density at radius 1 is 1.18 bits per heavy atom. The second kappa shape index (κ2) is 12.8. The van der Waals surface area contributed by atoms with E-state index in [0.717, 1.165) is 24.6 Å². The van der Waals surface area contributed by atoms with E-state index in [4.69, 9.17) is 0 Å². The normalized spacial score (nSPS) is 17.4. The van der Waals surface area contributed by atoms with Crippen LogP contribution in [0.3, 0.4) is 0 Å². The van der Waals surface area contributed by atoms with Crippen molar-refractivity contribution in [1.82, 2.24) is 4.90 Å².